The van der Waals surface area contributed by atoms with Gasteiger partial charge in [-0.25, -0.2) is 8.78 Å². The van der Waals surface area contributed by atoms with Crippen molar-refractivity contribution in [1.82, 2.24) is 0 Å². The lowest BCUT2D eigenvalue weighted by molar-refractivity contribution is 0.299. The molecule has 0 aromatic heterocycles. The number of amidine groups is 1. The fourth-order valence-corrected chi connectivity index (χ4v) is 1.84. The second-order valence-corrected chi connectivity index (χ2v) is 4.54. The van der Waals surface area contributed by atoms with E-state index in [0.29, 0.717) is 5.75 Å². The Morgan fingerprint density at radius 3 is 2.71 bits per heavy atom. The number of hydrogen-bond acceptors (Lipinski definition) is 3. The zero-order valence-electron chi connectivity index (χ0n) is 10.7. The van der Waals surface area contributed by atoms with E-state index >= 15 is 0 Å². The van der Waals surface area contributed by atoms with Crippen LogP contribution in [0.5, 0.6) is 5.75 Å². The average molecular weight is 313 g/mol. The molecule has 2 aromatic carbocycles. The molecule has 0 amide bonds. The first-order valence-electron chi connectivity index (χ1n) is 5.86. The van der Waals surface area contributed by atoms with Crippen LogP contribution in [0.1, 0.15) is 11.1 Å². The molecule has 0 unspecified atom stereocenters. The molecule has 0 saturated heterocycles. The van der Waals surface area contributed by atoms with E-state index in [0.717, 1.165) is 6.07 Å². The Hall–Kier alpha value is -2.34. The first-order chi connectivity index (χ1) is 10.0. The molecular formula is C14H11ClF2N2O2. The van der Waals surface area contributed by atoms with E-state index in [1.807, 2.05) is 0 Å². The van der Waals surface area contributed by atoms with Gasteiger partial charge in [0, 0.05) is 11.6 Å². The molecule has 2 rings (SSSR count). The highest BCUT2D eigenvalue weighted by Crippen LogP contribution is 2.22. The molecule has 0 radical (unpaired) electrons. The number of nitrogens with zero attached hydrogens (tertiary/aromatic N) is 1. The molecule has 2 aromatic rings. The maximum atomic E-state index is 14.1. The summed E-state index contributed by atoms with van der Waals surface area (Å²) in [7, 11) is 0. The van der Waals surface area contributed by atoms with Crippen molar-refractivity contribution in [3.05, 3.63) is 64.2 Å². The largest absolute Gasteiger partial charge is 0.489 e. The van der Waals surface area contributed by atoms with Gasteiger partial charge in [-0.3, -0.25) is 0 Å². The van der Waals surface area contributed by atoms with Crippen molar-refractivity contribution in [3.8, 4) is 5.75 Å². The first-order valence-corrected chi connectivity index (χ1v) is 6.24. The SMILES string of the molecule is N/C(=N/O)c1cccc(COc2ccc(F)c(Cl)c2)c1F. The number of halogens is 3. The molecule has 21 heavy (non-hydrogen) atoms. The minimum absolute atomic E-state index is 0.0317. The summed E-state index contributed by atoms with van der Waals surface area (Å²) in [5, 5.41) is 11.3. The molecule has 0 aliphatic rings. The minimum atomic E-state index is -0.652. The Morgan fingerprint density at radius 2 is 2.05 bits per heavy atom. The Morgan fingerprint density at radius 1 is 1.29 bits per heavy atom. The van der Waals surface area contributed by atoms with Gasteiger partial charge in [-0.1, -0.05) is 28.9 Å². The molecule has 110 valence electrons. The van der Waals surface area contributed by atoms with Gasteiger partial charge in [0.1, 0.15) is 24.0 Å². The number of ether oxygens (including phenoxy) is 1. The monoisotopic (exact) mass is 312 g/mol. The summed E-state index contributed by atoms with van der Waals surface area (Å²) < 4.78 is 32.5. The van der Waals surface area contributed by atoms with Gasteiger partial charge in [0.05, 0.1) is 10.6 Å². The normalized spacial score (nSPS) is 11.5. The Labute approximate surface area is 124 Å². The van der Waals surface area contributed by atoms with E-state index in [-0.39, 0.29) is 28.6 Å². The molecule has 7 heteroatoms. The predicted molar refractivity (Wildman–Crippen MR) is 74.7 cm³/mol. The van der Waals surface area contributed by atoms with Crippen LogP contribution in [0.2, 0.25) is 5.02 Å². The van der Waals surface area contributed by atoms with Crippen LogP contribution < -0.4 is 10.5 Å². The fourth-order valence-electron chi connectivity index (χ4n) is 1.67. The van der Waals surface area contributed by atoms with Gasteiger partial charge in [0.2, 0.25) is 0 Å². The van der Waals surface area contributed by atoms with Crippen molar-refractivity contribution in [2.45, 2.75) is 6.61 Å². The maximum Gasteiger partial charge on any atom is 0.173 e. The molecule has 0 spiro atoms. The van der Waals surface area contributed by atoms with Crippen LogP contribution in [0.3, 0.4) is 0 Å². The van der Waals surface area contributed by atoms with Crippen LogP contribution in [0, 0.1) is 11.6 Å². The number of nitrogens with two attached hydrogens (primary N) is 1. The van der Waals surface area contributed by atoms with Crippen LogP contribution in [0.25, 0.3) is 0 Å². The predicted octanol–water partition coefficient (Wildman–Crippen LogP) is 3.29. The van der Waals surface area contributed by atoms with Crippen LogP contribution in [0.15, 0.2) is 41.6 Å². The number of rotatable bonds is 4. The summed E-state index contributed by atoms with van der Waals surface area (Å²) in [6.45, 7) is -0.111. The third kappa shape index (κ3) is 3.41. The smallest absolute Gasteiger partial charge is 0.173 e. The molecule has 0 saturated carbocycles. The van der Waals surface area contributed by atoms with E-state index in [9.17, 15) is 8.78 Å². The highest BCUT2D eigenvalue weighted by Gasteiger charge is 2.12. The van der Waals surface area contributed by atoms with Crippen molar-refractivity contribution < 1.29 is 18.7 Å². The van der Waals surface area contributed by atoms with Crippen molar-refractivity contribution in [3.63, 3.8) is 0 Å². The van der Waals surface area contributed by atoms with Gasteiger partial charge in [-0.2, -0.15) is 0 Å². The van der Waals surface area contributed by atoms with Gasteiger partial charge < -0.3 is 15.7 Å². The summed E-state index contributed by atoms with van der Waals surface area (Å²) in [6.07, 6.45) is 0. The van der Waals surface area contributed by atoms with Crippen LogP contribution >= 0.6 is 11.6 Å². The van der Waals surface area contributed by atoms with Gasteiger partial charge in [-0.05, 0) is 18.2 Å². The van der Waals surface area contributed by atoms with Crippen LogP contribution in [-0.4, -0.2) is 11.0 Å². The standard InChI is InChI=1S/C14H11ClF2N2O2/c15-11-6-9(4-5-12(11)16)21-7-8-2-1-3-10(13(8)17)14(18)19-20/h1-6,20H,7H2,(H2,18,19). The van der Waals surface area contributed by atoms with Crippen molar-refractivity contribution in [2.75, 3.05) is 0 Å². The minimum Gasteiger partial charge on any atom is -0.489 e. The highest BCUT2D eigenvalue weighted by atomic mass is 35.5. The van der Waals surface area contributed by atoms with E-state index < -0.39 is 11.6 Å². The number of benzene rings is 2. The van der Waals surface area contributed by atoms with E-state index in [4.69, 9.17) is 27.3 Å². The molecule has 0 bridgehead atoms. The van der Waals surface area contributed by atoms with Gasteiger partial charge in [-0.15, -0.1) is 0 Å². The zero-order chi connectivity index (χ0) is 15.4. The van der Waals surface area contributed by atoms with E-state index in [1.54, 1.807) is 6.07 Å². The average Bonchev–Trinajstić information content (AvgIpc) is 2.49. The van der Waals surface area contributed by atoms with E-state index in [2.05, 4.69) is 5.16 Å². The number of oxime groups is 1. The summed E-state index contributed by atoms with van der Waals surface area (Å²) in [6, 6.07) is 8.25. The summed E-state index contributed by atoms with van der Waals surface area (Å²) in [4.78, 5) is 0. The second-order valence-electron chi connectivity index (χ2n) is 4.13. The molecular weight excluding hydrogens is 302 g/mol. The van der Waals surface area contributed by atoms with Crippen molar-refractivity contribution in [1.29, 1.82) is 0 Å². The van der Waals surface area contributed by atoms with Crippen LogP contribution in [0.4, 0.5) is 8.78 Å². The molecule has 0 heterocycles. The summed E-state index contributed by atoms with van der Waals surface area (Å²) in [5.74, 6) is -1.25. The van der Waals surface area contributed by atoms with Crippen molar-refractivity contribution >= 4 is 17.4 Å². The lowest BCUT2D eigenvalue weighted by atomic mass is 10.1. The molecule has 3 N–H and O–H groups in total. The maximum absolute atomic E-state index is 14.1. The van der Waals surface area contributed by atoms with Crippen LogP contribution in [-0.2, 0) is 6.61 Å². The second kappa shape index (κ2) is 6.41. The third-order valence-electron chi connectivity index (χ3n) is 2.75. The molecule has 0 aliphatic heterocycles. The third-order valence-corrected chi connectivity index (χ3v) is 3.04. The summed E-state index contributed by atoms with van der Waals surface area (Å²) >= 11 is 5.62. The Bertz CT molecular complexity index is 693. The molecule has 0 aliphatic carbocycles. The lowest BCUT2D eigenvalue weighted by Crippen LogP contribution is -2.16. The molecule has 4 nitrogen and oxygen atoms in total. The fraction of sp³-hybridized carbons (Fsp3) is 0.0714. The topological polar surface area (TPSA) is 67.8 Å². The summed E-state index contributed by atoms with van der Waals surface area (Å²) in [5.41, 5.74) is 5.54. The Balaban J connectivity index is 2.18. The molecule has 0 fully saturated rings. The zero-order valence-corrected chi connectivity index (χ0v) is 11.4. The first kappa shape index (κ1) is 15.1. The van der Waals surface area contributed by atoms with E-state index in [1.165, 1.54) is 24.3 Å². The Kier molecular flexibility index (Phi) is 4.59. The quantitative estimate of drug-likeness (QED) is 0.394. The highest BCUT2D eigenvalue weighted by molar-refractivity contribution is 6.30. The lowest BCUT2D eigenvalue weighted by Gasteiger charge is -2.10. The van der Waals surface area contributed by atoms with Gasteiger partial charge in [0.15, 0.2) is 5.84 Å². The van der Waals surface area contributed by atoms with Crippen molar-refractivity contribution in [2.24, 2.45) is 10.9 Å². The van der Waals surface area contributed by atoms with Gasteiger partial charge >= 0.3 is 0 Å². The molecule has 0 atom stereocenters. The van der Waals surface area contributed by atoms with Gasteiger partial charge in [0.25, 0.3) is 0 Å². The number of hydrogen-bond donors (Lipinski definition) is 2.